The summed E-state index contributed by atoms with van der Waals surface area (Å²) in [4.78, 5) is 19.0. The van der Waals surface area contributed by atoms with Crippen LogP contribution in [0.1, 0.15) is 71.1 Å². The molecule has 1 amide bonds. The molecule has 0 bridgehead atoms. The van der Waals surface area contributed by atoms with E-state index in [0.29, 0.717) is 53.5 Å². The van der Waals surface area contributed by atoms with E-state index in [0.717, 1.165) is 15.7 Å². The van der Waals surface area contributed by atoms with Gasteiger partial charge in [0, 0.05) is 40.0 Å². The predicted octanol–water partition coefficient (Wildman–Crippen LogP) is 5.47. The molecule has 42 heavy (non-hydrogen) atoms. The molecule has 1 atom stereocenters. The standard InChI is InChI=1S/C25H25BrF4N4O6S2/c1-42(36,37)40-20-3-2-16(26)14-10-38-25(39-11-15(14)20)18-12-41-24(31-18)13-4-6-33(7-5-13)21(35)9-34-19(23(29)30)8-17(32-34)22(27)28/h2-3,8,12-13,22-23,25H,4-7,9-11H2,1H3. The summed E-state index contributed by atoms with van der Waals surface area (Å²) in [5, 5.41) is 6.13. The summed E-state index contributed by atoms with van der Waals surface area (Å²) in [6.45, 7) is 0.282. The number of carbonyl (C=O) groups excluding carboxylic acids is 1. The van der Waals surface area contributed by atoms with Crippen LogP contribution in [0.25, 0.3) is 0 Å². The number of halogens is 5. The second-order valence-electron chi connectivity index (χ2n) is 9.76. The summed E-state index contributed by atoms with van der Waals surface area (Å²) >= 11 is 4.88. The maximum absolute atomic E-state index is 13.3. The molecule has 1 aromatic carbocycles. The summed E-state index contributed by atoms with van der Waals surface area (Å²) < 4.78 is 94.2. The predicted molar refractivity (Wildman–Crippen MR) is 145 cm³/mol. The molecule has 0 N–H and O–H groups in total. The second-order valence-corrected chi connectivity index (χ2v) is 13.1. The van der Waals surface area contributed by atoms with Crippen LogP contribution in [0.5, 0.6) is 5.75 Å². The van der Waals surface area contributed by atoms with Crippen molar-refractivity contribution in [2.75, 3.05) is 19.3 Å². The van der Waals surface area contributed by atoms with E-state index in [1.54, 1.807) is 12.1 Å². The van der Waals surface area contributed by atoms with Crippen LogP contribution in [0.15, 0.2) is 28.1 Å². The number of likely N-dealkylation sites (tertiary alicyclic amines) is 1. The molecule has 0 spiro atoms. The van der Waals surface area contributed by atoms with Gasteiger partial charge in [-0.05, 0) is 31.0 Å². The van der Waals surface area contributed by atoms with Crippen LogP contribution < -0.4 is 4.18 Å². The maximum Gasteiger partial charge on any atom is 0.306 e. The average molecular weight is 698 g/mol. The average Bonchev–Trinajstić information content (AvgIpc) is 3.52. The Bertz CT molecular complexity index is 1560. The van der Waals surface area contributed by atoms with Crippen LogP contribution in [0, 0.1) is 0 Å². The molecule has 1 fully saturated rings. The van der Waals surface area contributed by atoms with Gasteiger partial charge in [-0.2, -0.15) is 13.5 Å². The summed E-state index contributed by atoms with van der Waals surface area (Å²) in [5.74, 6) is -0.289. The van der Waals surface area contributed by atoms with E-state index in [2.05, 4.69) is 21.0 Å². The van der Waals surface area contributed by atoms with Gasteiger partial charge in [0.2, 0.25) is 12.2 Å². The quantitative estimate of drug-likeness (QED) is 0.225. The number of rotatable bonds is 8. The first kappa shape index (κ1) is 30.8. The number of benzene rings is 1. The molecule has 228 valence electrons. The number of aromatic nitrogens is 3. The van der Waals surface area contributed by atoms with Crippen molar-refractivity contribution in [2.45, 2.75) is 57.7 Å². The Kier molecular flexibility index (Phi) is 9.22. The van der Waals surface area contributed by atoms with E-state index in [1.165, 1.54) is 16.2 Å². The van der Waals surface area contributed by atoms with Crippen molar-refractivity contribution in [3.05, 3.63) is 61.3 Å². The highest BCUT2D eigenvalue weighted by Crippen LogP contribution is 2.38. The van der Waals surface area contributed by atoms with E-state index in [9.17, 15) is 30.8 Å². The SMILES string of the molecule is CS(=O)(=O)Oc1ccc(Br)c2c1COC(c1csc(C3CCN(C(=O)Cn4nc(C(F)F)cc4C(F)F)CC3)n1)OC2. The topological polar surface area (TPSA) is 113 Å². The molecule has 0 saturated carbocycles. The number of nitrogens with zero attached hydrogens (tertiary/aromatic N) is 4. The number of ether oxygens (including phenoxy) is 2. The summed E-state index contributed by atoms with van der Waals surface area (Å²) in [5.41, 5.74) is 0.285. The first-order valence-corrected chi connectivity index (χ1v) is 16.2. The molecule has 1 unspecified atom stereocenters. The Labute approximate surface area is 250 Å². The van der Waals surface area contributed by atoms with Crippen molar-refractivity contribution in [3.8, 4) is 5.75 Å². The number of alkyl halides is 4. The molecule has 0 aliphatic carbocycles. The first-order valence-electron chi connectivity index (χ1n) is 12.7. The van der Waals surface area contributed by atoms with Crippen LogP contribution >= 0.6 is 27.3 Å². The van der Waals surface area contributed by atoms with Gasteiger partial charge in [-0.1, -0.05) is 15.9 Å². The van der Waals surface area contributed by atoms with Gasteiger partial charge in [-0.3, -0.25) is 9.48 Å². The van der Waals surface area contributed by atoms with Crippen molar-refractivity contribution in [3.63, 3.8) is 0 Å². The minimum absolute atomic E-state index is 0.0278. The highest BCUT2D eigenvalue weighted by atomic mass is 79.9. The largest absolute Gasteiger partial charge is 0.382 e. The van der Waals surface area contributed by atoms with Gasteiger partial charge >= 0.3 is 10.1 Å². The van der Waals surface area contributed by atoms with Crippen molar-refractivity contribution < 1.29 is 44.4 Å². The molecule has 0 radical (unpaired) electrons. The number of fused-ring (bicyclic) bond motifs is 1. The smallest absolute Gasteiger partial charge is 0.306 e. The fraction of sp³-hybridized carbons (Fsp3) is 0.480. The molecular formula is C25H25BrF4N4O6S2. The molecule has 2 aromatic heterocycles. The zero-order chi connectivity index (χ0) is 30.2. The van der Waals surface area contributed by atoms with Crippen LogP contribution in [0.4, 0.5) is 17.6 Å². The number of thiazole rings is 1. The monoisotopic (exact) mass is 696 g/mol. The van der Waals surface area contributed by atoms with Gasteiger partial charge in [0.05, 0.1) is 24.5 Å². The molecule has 3 aromatic rings. The van der Waals surface area contributed by atoms with E-state index >= 15 is 0 Å². The van der Waals surface area contributed by atoms with E-state index in [4.69, 9.17) is 18.6 Å². The van der Waals surface area contributed by atoms with Gasteiger partial charge < -0.3 is 18.6 Å². The van der Waals surface area contributed by atoms with Crippen molar-refractivity contribution >= 4 is 43.3 Å². The van der Waals surface area contributed by atoms with Crippen LogP contribution in [-0.2, 0) is 44.1 Å². The number of piperidine rings is 1. The fourth-order valence-electron chi connectivity index (χ4n) is 4.80. The van der Waals surface area contributed by atoms with Crippen molar-refractivity contribution in [1.29, 1.82) is 0 Å². The molecule has 2 aliphatic rings. The minimum Gasteiger partial charge on any atom is -0.382 e. The molecule has 10 nitrogen and oxygen atoms in total. The molecule has 5 rings (SSSR count). The lowest BCUT2D eigenvalue weighted by Crippen LogP contribution is -2.40. The minimum atomic E-state index is -3.75. The summed E-state index contributed by atoms with van der Waals surface area (Å²) in [6.07, 6.45) is -4.77. The zero-order valence-electron chi connectivity index (χ0n) is 22.0. The van der Waals surface area contributed by atoms with E-state index < -0.39 is 53.1 Å². The molecule has 17 heteroatoms. The molecule has 1 saturated heterocycles. The van der Waals surface area contributed by atoms with Gasteiger partial charge in [-0.15, -0.1) is 11.3 Å². The van der Waals surface area contributed by atoms with Gasteiger partial charge in [-0.25, -0.2) is 22.5 Å². The third-order valence-electron chi connectivity index (χ3n) is 6.87. The fourth-order valence-corrected chi connectivity index (χ4v) is 6.76. The zero-order valence-corrected chi connectivity index (χ0v) is 25.2. The Hall–Kier alpha value is -2.60. The van der Waals surface area contributed by atoms with E-state index in [1.807, 2.05) is 5.38 Å². The Balaban J connectivity index is 1.20. The highest BCUT2D eigenvalue weighted by Gasteiger charge is 2.30. The Morgan fingerprint density at radius 1 is 1.14 bits per heavy atom. The lowest BCUT2D eigenvalue weighted by atomic mass is 9.97. The lowest BCUT2D eigenvalue weighted by molar-refractivity contribution is -0.155. The maximum atomic E-state index is 13.3. The number of hydrogen-bond acceptors (Lipinski definition) is 9. The summed E-state index contributed by atoms with van der Waals surface area (Å²) in [6, 6.07) is 3.84. The molecule has 2 aliphatic heterocycles. The third kappa shape index (κ3) is 6.96. The normalized spacial score (nSPS) is 18.4. The van der Waals surface area contributed by atoms with Crippen LogP contribution in [0.3, 0.4) is 0 Å². The molecular weight excluding hydrogens is 672 g/mol. The first-order chi connectivity index (χ1) is 19.9. The lowest BCUT2D eigenvalue weighted by Gasteiger charge is -2.31. The Morgan fingerprint density at radius 3 is 2.48 bits per heavy atom. The second kappa shape index (κ2) is 12.6. The van der Waals surface area contributed by atoms with Crippen molar-refractivity contribution in [2.24, 2.45) is 0 Å². The van der Waals surface area contributed by atoms with Crippen molar-refractivity contribution in [1.82, 2.24) is 19.7 Å². The highest BCUT2D eigenvalue weighted by molar-refractivity contribution is 9.10. The van der Waals surface area contributed by atoms with Gasteiger partial charge in [0.25, 0.3) is 12.9 Å². The third-order valence-corrected chi connectivity index (χ3v) is 9.12. The van der Waals surface area contributed by atoms with Gasteiger partial charge in [0.15, 0.2) is 0 Å². The number of hydrogen-bond donors (Lipinski definition) is 0. The number of carbonyl (C=O) groups is 1. The van der Waals surface area contributed by atoms with Gasteiger partial charge in [0.1, 0.15) is 29.4 Å². The molecule has 4 heterocycles. The van der Waals surface area contributed by atoms with E-state index in [-0.39, 0.29) is 24.9 Å². The number of amides is 1. The van der Waals surface area contributed by atoms with Crippen LogP contribution in [-0.4, -0.2) is 53.3 Å². The summed E-state index contributed by atoms with van der Waals surface area (Å²) in [7, 11) is -3.75. The van der Waals surface area contributed by atoms with Crippen LogP contribution in [0.2, 0.25) is 0 Å². The Morgan fingerprint density at radius 2 is 1.83 bits per heavy atom.